The van der Waals surface area contributed by atoms with Crippen LogP contribution in [-0.2, 0) is 16.0 Å². The standard InChI is InChI=1S/C21H26N4O2S/c1-5-8-17(26)20-19(16-12-10-15(7-3)11-13-16)25(18(27)9-6-2)24-14(4)22-23-21(24)28-20/h10-13H,5-9H2,1-4H3. The summed E-state index contributed by atoms with van der Waals surface area (Å²) in [6.45, 7) is 7.87. The number of Topliss-reactive ketones (excluding diaryl/α,β-unsaturated/α-hetero) is 1. The third kappa shape index (κ3) is 3.76. The maximum atomic E-state index is 13.1. The lowest BCUT2D eigenvalue weighted by Gasteiger charge is -2.33. The Morgan fingerprint density at radius 3 is 2.29 bits per heavy atom. The first-order valence-electron chi connectivity index (χ1n) is 9.81. The van der Waals surface area contributed by atoms with E-state index in [9.17, 15) is 9.59 Å². The van der Waals surface area contributed by atoms with Crippen molar-refractivity contribution in [3.63, 3.8) is 0 Å². The lowest BCUT2D eigenvalue weighted by atomic mass is 10.0. The minimum Gasteiger partial charge on any atom is -0.294 e. The Bertz CT molecular complexity index is 915. The number of fused-ring (bicyclic) bond motifs is 1. The zero-order valence-corrected chi connectivity index (χ0v) is 17.7. The molecule has 0 saturated heterocycles. The molecule has 0 saturated carbocycles. The van der Waals surface area contributed by atoms with Crippen molar-refractivity contribution in [1.29, 1.82) is 0 Å². The van der Waals surface area contributed by atoms with Gasteiger partial charge in [0.2, 0.25) is 11.1 Å². The van der Waals surface area contributed by atoms with E-state index in [1.165, 1.54) is 17.3 Å². The first kappa shape index (κ1) is 20.3. The summed E-state index contributed by atoms with van der Waals surface area (Å²) < 4.78 is 1.73. The monoisotopic (exact) mass is 398 g/mol. The lowest BCUT2D eigenvalue weighted by Crippen LogP contribution is -2.42. The second-order valence-electron chi connectivity index (χ2n) is 6.80. The Labute approximate surface area is 170 Å². The molecule has 0 atom stereocenters. The first-order chi connectivity index (χ1) is 13.5. The van der Waals surface area contributed by atoms with Gasteiger partial charge in [-0.15, -0.1) is 10.2 Å². The number of hydrogen-bond acceptors (Lipinski definition) is 5. The van der Waals surface area contributed by atoms with E-state index in [-0.39, 0.29) is 11.7 Å². The summed E-state index contributed by atoms with van der Waals surface area (Å²) in [5.41, 5.74) is 2.70. The number of aromatic nitrogens is 3. The molecule has 0 bridgehead atoms. The molecule has 1 aliphatic rings. The maximum absolute atomic E-state index is 13.1. The summed E-state index contributed by atoms with van der Waals surface area (Å²) in [5, 5.41) is 10.5. The summed E-state index contributed by atoms with van der Waals surface area (Å²) in [4.78, 5) is 26.7. The molecule has 28 heavy (non-hydrogen) atoms. The van der Waals surface area contributed by atoms with Crippen LogP contribution in [0.4, 0.5) is 0 Å². The molecule has 1 aromatic heterocycles. The van der Waals surface area contributed by atoms with Crippen LogP contribution in [-0.4, -0.2) is 26.6 Å². The van der Waals surface area contributed by atoms with Crippen LogP contribution in [0.2, 0.25) is 0 Å². The second-order valence-corrected chi connectivity index (χ2v) is 7.78. The summed E-state index contributed by atoms with van der Waals surface area (Å²) in [5.74, 6) is 0.586. The van der Waals surface area contributed by atoms with Gasteiger partial charge in [0, 0.05) is 18.4 Å². The summed E-state index contributed by atoms with van der Waals surface area (Å²) >= 11 is 1.30. The van der Waals surface area contributed by atoms with E-state index < -0.39 is 0 Å². The Morgan fingerprint density at radius 2 is 1.68 bits per heavy atom. The molecule has 0 spiro atoms. The molecule has 2 aromatic rings. The quantitative estimate of drug-likeness (QED) is 0.697. The molecular formula is C21H26N4O2S. The third-order valence-corrected chi connectivity index (χ3v) is 5.72. The molecule has 0 N–H and O–H groups in total. The van der Waals surface area contributed by atoms with Crippen LogP contribution in [0.1, 0.15) is 63.4 Å². The molecule has 1 amide bonds. The van der Waals surface area contributed by atoms with Gasteiger partial charge in [0.05, 0.1) is 10.6 Å². The van der Waals surface area contributed by atoms with Crippen molar-refractivity contribution >= 4 is 29.1 Å². The van der Waals surface area contributed by atoms with Gasteiger partial charge in [0.1, 0.15) is 0 Å². The predicted molar refractivity (Wildman–Crippen MR) is 111 cm³/mol. The Hall–Kier alpha value is -2.41. The zero-order chi connectivity index (χ0) is 20.3. The number of hydrogen-bond donors (Lipinski definition) is 0. The van der Waals surface area contributed by atoms with E-state index >= 15 is 0 Å². The highest BCUT2D eigenvalue weighted by Gasteiger charge is 2.35. The van der Waals surface area contributed by atoms with Crippen LogP contribution >= 0.6 is 11.8 Å². The van der Waals surface area contributed by atoms with Crippen LogP contribution < -0.4 is 5.01 Å². The van der Waals surface area contributed by atoms with Crippen molar-refractivity contribution in [1.82, 2.24) is 14.9 Å². The van der Waals surface area contributed by atoms with Crippen LogP contribution in [0.3, 0.4) is 0 Å². The fraction of sp³-hybridized carbons (Fsp3) is 0.429. The molecule has 1 aliphatic heterocycles. The molecule has 0 fully saturated rings. The third-order valence-electron chi connectivity index (χ3n) is 4.65. The Balaban J connectivity index is 2.23. The molecule has 2 heterocycles. The van der Waals surface area contributed by atoms with E-state index in [4.69, 9.17) is 0 Å². The zero-order valence-electron chi connectivity index (χ0n) is 16.9. The number of nitrogens with zero attached hydrogens (tertiary/aromatic N) is 4. The normalized spacial score (nSPS) is 13.6. The largest absolute Gasteiger partial charge is 0.294 e. The topological polar surface area (TPSA) is 68.1 Å². The number of amides is 1. The highest BCUT2D eigenvalue weighted by molar-refractivity contribution is 8.04. The van der Waals surface area contributed by atoms with Gasteiger partial charge in [-0.1, -0.05) is 45.0 Å². The number of aryl methyl sites for hydroxylation is 2. The molecule has 1 aromatic carbocycles. The number of allylic oxidation sites excluding steroid dienone is 1. The van der Waals surface area contributed by atoms with Crippen molar-refractivity contribution in [2.45, 2.75) is 65.0 Å². The minimum atomic E-state index is -0.0664. The molecule has 6 nitrogen and oxygen atoms in total. The van der Waals surface area contributed by atoms with Gasteiger partial charge in [-0.25, -0.2) is 9.69 Å². The van der Waals surface area contributed by atoms with Crippen molar-refractivity contribution in [3.8, 4) is 0 Å². The molecule has 0 radical (unpaired) electrons. The first-order valence-corrected chi connectivity index (χ1v) is 10.6. The molecule has 7 heteroatoms. The lowest BCUT2D eigenvalue weighted by molar-refractivity contribution is -0.119. The Morgan fingerprint density at radius 1 is 1.00 bits per heavy atom. The van der Waals surface area contributed by atoms with E-state index in [2.05, 4.69) is 17.1 Å². The number of thioether (sulfide) groups is 1. The van der Waals surface area contributed by atoms with E-state index in [0.29, 0.717) is 34.4 Å². The van der Waals surface area contributed by atoms with E-state index in [1.54, 1.807) is 9.69 Å². The summed E-state index contributed by atoms with van der Waals surface area (Å²) in [7, 11) is 0. The predicted octanol–water partition coefficient (Wildman–Crippen LogP) is 4.26. The SMILES string of the molecule is CCCC(=O)C1=C(c2ccc(CC)cc2)N(C(=O)CCC)n2c(C)nnc2S1. The summed E-state index contributed by atoms with van der Waals surface area (Å²) in [6.07, 6.45) is 3.22. The molecule has 0 unspecified atom stereocenters. The van der Waals surface area contributed by atoms with E-state index in [0.717, 1.165) is 24.8 Å². The average molecular weight is 399 g/mol. The molecule has 148 valence electrons. The second kappa shape index (κ2) is 8.73. The summed E-state index contributed by atoms with van der Waals surface area (Å²) in [6, 6.07) is 8.08. The number of carbonyl (C=O) groups excluding carboxylic acids is 2. The van der Waals surface area contributed by atoms with E-state index in [1.807, 2.05) is 45.0 Å². The highest BCUT2D eigenvalue weighted by Crippen LogP contribution is 2.40. The average Bonchev–Trinajstić information content (AvgIpc) is 3.07. The van der Waals surface area contributed by atoms with Gasteiger partial charge in [-0.05, 0) is 43.5 Å². The number of carbonyl (C=O) groups is 2. The van der Waals surface area contributed by atoms with Crippen molar-refractivity contribution in [2.24, 2.45) is 0 Å². The smallest absolute Gasteiger partial charge is 0.246 e. The van der Waals surface area contributed by atoms with Gasteiger partial charge >= 0.3 is 0 Å². The van der Waals surface area contributed by atoms with Crippen LogP contribution in [0.15, 0.2) is 34.3 Å². The molecule has 3 rings (SSSR count). The maximum Gasteiger partial charge on any atom is 0.246 e. The number of benzene rings is 1. The van der Waals surface area contributed by atoms with Gasteiger partial charge in [0.15, 0.2) is 11.6 Å². The van der Waals surface area contributed by atoms with Crippen LogP contribution in [0.5, 0.6) is 0 Å². The van der Waals surface area contributed by atoms with Crippen molar-refractivity contribution in [3.05, 3.63) is 46.1 Å². The van der Waals surface area contributed by atoms with Crippen molar-refractivity contribution < 1.29 is 9.59 Å². The van der Waals surface area contributed by atoms with Gasteiger partial charge < -0.3 is 0 Å². The minimum absolute atomic E-state index is 0.0308. The Kier molecular flexibility index (Phi) is 6.34. The fourth-order valence-electron chi connectivity index (χ4n) is 3.21. The number of ketones is 1. The van der Waals surface area contributed by atoms with Crippen LogP contribution in [0.25, 0.3) is 5.70 Å². The molecule has 0 aliphatic carbocycles. The van der Waals surface area contributed by atoms with Gasteiger partial charge in [-0.3, -0.25) is 9.59 Å². The fourth-order valence-corrected chi connectivity index (χ4v) is 4.29. The highest BCUT2D eigenvalue weighted by atomic mass is 32.2. The van der Waals surface area contributed by atoms with Crippen LogP contribution in [0, 0.1) is 6.92 Å². The van der Waals surface area contributed by atoms with Gasteiger partial charge in [0.25, 0.3) is 0 Å². The number of rotatable bonds is 7. The van der Waals surface area contributed by atoms with Crippen molar-refractivity contribution in [2.75, 3.05) is 5.01 Å². The molecular weight excluding hydrogens is 372 g/mol. The van der Waals surface area contributed by atoms with Gasteiger partial charge in [-0.2, -0.15) is 0 Å².